The van der Waals surface area contributed by atoms with Crippen molar-refractivity contribution in [2.75, 3.05) is 33.4 Å². The molecule has 1 aliphatic rings. The van der Waals surface area contributed by atoms with E-state index in [1.165, 1.54) is 32.5 Å². The monoisotopic (exact) mass is 171 g/mol. The van der Waals surface area contributed by atoms with E-state index >= 15 is 0 Å². The van der Waals surface area contributed by atoms with E-state index in [4.69, 9.17) is 4.74 Å². The summed E-state index contributed by atoms with van der Waals surface area (Å²) in [5, 5.41) is 0. The lowest BCUT2D eigenvalue weighted by atomic mass is 9.94. The zero-order valence-corrected chi connectivity index (χ0v) is 8.60. The summed E-state index contributed by atoms with van der Waals surface area (Å²) in [5.41, 5.74) is 0.319. The van der Waals surface area contributed by atoms with Gasteiger partial charge in [-0.3, -0.25) is 0 Å². The quantitative estimate of drug-likeness (QED) is 0.639. The fourth-order valence-electron chi connectivity index (χ4n) is 1.98. The zero-order valence-electron chi connectivity index (χ0n) is 8.60. The summed E-state index contributed by atoms with van der Waals surface area (Å²) in [4.78, 5) is 2.54. The Morgan fingerprint density at radius 2 is 1.83 bits per heavy atom. The number of likely N-dealkylation sites (tertiary alicyclic amines) is 1. The zero-order chi connectivity index (χ0) is 9.03. The minimum absolute atomic E-state index is 0.319. The van der Waals surface area contributed by atoms with Crippen molar-refractivity contribution < 1.29 is 4.74 Å². The molecule has 1 fully saturated rings. The molecule has 0 aliphatic carbocycles. The third-order valence-corrected chi connectivity index (χ3v) is 2.39. The maximum absolute atomic E-state index is 5.19. The van der Waals surface area contributed by atoms with E-state index in [0.29, 0.717) is 5.41 Å². The number of nitrogens with zero attached hydrogens (tertiary/aromatic N) is 1. The van der Waals surface area contributed by atoms with Crippen molar-refractivity contribution in [3.63, 3.8) is 0 Å². The third-order valence-electron chi connectivity index (χ3n) is 2.39. The molecule has 0 N–H and O–H groups in total. The molecule has 0 amide bonds. The van der Waals surface area contributed by atoms with Gasteiger partial charge in [0.2, 0.25) is 0 Å². The summed E-state index contributed by atoms with van der Waals surface area (Å²) in [6.07, 6.45) is 2.76. The van der Waals surface area contributed by atoms with Gasteiger partial charge >= 0.3 is 0 Å². The van der Waals surface area contributed by atoms with E-state index in [1.54, 1.807) is 7.11 Å². The van der Waals surface area contributed by atoms with Crippen LogP contribution >= 0.6 is 0 Å². The Labute approximate surface area is 75.9 Å². The van der Waals surface area contributed by atoms with Crippen LogP contribution < -0.4 is 0 Å². The average molecular weight is 171 g/mol. The molecule has 0 atom stereocenters. The van der Waals surface area contributed by atoms with Crippen LogP contribution in [-0.4, -0.2) is 38.3 Å². The van der Waals surface area contributed by atoms with Crippen molar-refractivity contribution in [3.05, 3.63) is 0 Å². The Morgan fingerprint density at radius 1 is 1.25 bits per heavy atom. The first-order valence-corrected chi connectivity index (χ1v) is 4.85. The molecule has 0 spiro atoms. The van der Waals surface area contributed by atoms with Crippen LogP contribution in [0.15, 0.2) is 0 Å². The first-order valence-electron chi connectivity index (χ1n) is 4.85. The maximum atomic E-state index is 5.19. The molecule has 2 heteroatoms. The van der Waals surface area contributed by atoms with Gasteiger partial charge in [0.05, 0.1) is 6.61 Å². The van der Waals surface area contributed by atoms with Crippen molar-refractivity contribution in [1.82, 2.24) is 4.90 Å². The summed E-state index contributed by atoms with van der Waals surface area (Å²) >= 11 is 0. The standard InChI is InChI=1S/C10H21NO/c1-10(2,9-12-3)8-11-6-4-5-7-11/h4-9H2,1-3H3. The fraction of sp³-hybridized carbons (Fsp3) is 1.00. The van der Waals surface area contributed by atoms with E-state index in [9.17, 15) is 0 Å². The lowest BCUT2D eigenvalue weighted by Crippen LogP contribution is -2.35. The second-order valence-electron chi connectivity index (χ2n) is 4.58. The van der Waals surface area contributed by atoms with Crippen molar-refractivity contribution in [2.45, 2.75) is 26.7 Å². The summed E-state index contributed by atoms with van der Waals surface area (Å²) < 4.78 is 5.19. The van der Waals surface area contributed by atoms with E-state index in [1.807, 2.05) is 0 Å². The number of hydrogen-bond donors (Lipinski definition) is 0. The number of methoxy groups -OCH3 is 1. The van der Waals surface area contributed by atoms with Crippen molar-refractivity contribution in [3.8, 4) is 0 Å². The largest absolute Gasteiger partial charge is 0.384 e. The van der Waals surface area contributed by atoms with Crippen LogP contribution in [0.4, 0.5) is 0 Å². The topological polar surface area (TPSA) is 12.5 Å². The summed E-state index contributed by atoms with van der Waals surface area (Å²) in [6.45, 7) is 9.16. The van der Waals surface area contributed by atoms with Crippen LogP contribution in [0.3, 0.4) is 0 Å². The molecular formula is C10H21NO. The Balaban J connectivity index is 2.27. The maximum Gasteiger partial charge on any atom is 0.0525 e. The Kier molecular flexibility index (Phi) is 3.53. The lowest BCUT2D eigenvalue weighted by molar-refractivity contribution is 0.0769. The van der Waals surface area contributed by atoms with E-state index in [-0.39, 0.29) is 0 Å². The second kappa shape index (κ2) is 4.24. The second-order valence-corrected chi connectivity index (χ2v) is 4.58. The molecule has 72 valence electrons. The Bertz CT molecular complexity index is 128. The van der Waals surface area contributed by atoms with Crippen molar-refractivity contribution >= 4 is 0 Å². The van der Waals surface area contributed by atoms with E-state index < -0.39 is 0 Å². The number of ether oxygens (including phenoxy) is 1. The van der Waals surface area contributed by atoms with E-state index in [2.05, 4.69) is 18.7 Å². The van der Waals surface area contributed by atoms with Crippen LogP contribution in [0, 0.1) is 5.41 Å². The molecule has 0 bridgehead atoms. The molecule has 0 radical (unpaired) electrons. The van der Waals surface area contributed by atoms with Crippen LogP contribution in [0.5, 0.6) is 0 Å². The van der Waals surface area contributed by atoms with Gasteiger partial charge in [0.15, 0.2) is 0 Å². The smallest absolute Gasteiger partial charge is 0.0525 e. The first-order chi connectivity index (χ1) is 5.64. The van der Waals surface area contributed by atoms with Crippen molar-refractivity contribution in [1.29, 1.82) is 0 Å². The summed E-state index contributed by atoms with van der Waals surface area (Å²) in [5.74, 6) is 0. The molecule has 2 nitrogen and oxygen atoms in total. The van der Waals surface area contributed by atoms with Crippen LogP contribution in [0.2, 0.25) is 0 Å². The molecule has 0 aromatic carbocycles. The van der Waals surface area contributed by atoms with Gasteiger partial charge in [0, 0.05) is 19.1 Å². The Hall–Kier alpha value is -0.0800. The highest BCUT2D eigenvalue weighted by Crippen LogP contribution is 2.20. The molecule has 1 rings (SSSR count). The van der Waals surface area contributed by atoms with Gasteiger partial charge in [-0.1, -0.05) is 13.8 Å². The summed E-state index contributed by atoms with van der Waals surface area (Å²) in [7, 11) is 1.78. The predicted molar refractivity (Wildman–Crippen MR) is 51.3 cm³/mol. The fourth-order valence-corrected chi connectivity index (χ4v) is 1.98. The molecule has 0 saturated carbocycles. The van der Waals surface area contributed by atoms with Crippen molar-refractivity contribution in [2.24, 2.45) is 5.41 Å². The first kappa shape index (κ1) is 10.0. The van der Waals surface area contributed by atoms with E-state index in [0.717, 1.165) is 6.61 Å². The van der Waals surface area contributed by atoms with Gasteiger partial charge in [-0.15, -0.1) is 0 Å². The molecule has 0 unspecified atom stereocenters. The highest BCUT2D eigenvalue weighted by atomic mass is 16.5. The average Bonchev–Trinajstić information content (AvgIpc) is 2.38. The van der Waals surface area contributed by atoms with Crippen LogP contribution in [0.1, 0.15) is 26.7 Å². The molecular weight excluding hydrogens is 150 g/mol. The highest BCUT2D eigenvalue weighted by molar-refractivity contribution is 4.76. The minimum atomic E-state index is 0.319. The molecule has 12 heavy (non-hydrogen) atoms. The van der Waals surface area contributed by atoms with Gasteiger partial charge in [-0.25, -0.2) is 0 Å². The number of rotatable bonds is 4. The minimum Gasteiger partial charge on any atom is -0.384 e. The molecule has 1 aliphatic heterocycles. The van der Waals surface area contributed by atoms with Gasteiger partial charge in [0.25, 0.3) is 0 Å². The lowest BCUT2D eigenvalue weighted by Gasteiger charge is -2.29. The molecule has 0 aromatic rings. The normalized spacial score (nSPS) is 20.2. The molecule has 1 heterocycles. The van der Waals surface area contributed by atoms with Gasteiger partial charge in [-0.05, 0) is 25.9 Å². The van der Waals surface area contributed by atoms with Gasteiger partial charge < -0.3 is 9.64 Å². The van der Waals surface area contributed by atoms with Crippen LogP contribution in [-0.2, 0) is 4.74 Å². The SMILES string of the molecule is COCC(C)(C)CN1CCCC1. The highest BCUT2D eigenvalue weighted by Gasteiger charge is 2.23. The predicted octanol–water partition coefficient (Wildman–Crippen LogP) is 1.75. The molecule has 0 aromatic heterocycles. The molecule has 1 saturated heterocycles. The third kappa shape index (κ3) is 3.11. The van der Waals surface area contributed by atoms with Gasteiger partial charge in [0.1, 0.15) is 0 Å². The number of hydrogen-bond acceptors (Lipinski definition) is 2. The Morgan fingerprint density at radius 3 is 2.33 bits per heavy atom. The van der Waals surface area contributed by atoms with Crippen LogP contribution in [0.25, 0.3) is 0 Å². The van der Waals surface area contributed by atoms with Gasteiger partial charge in [-0.2, -0.15) is 0 Å². The summed E-state index contributed by atoms with van der Waals surface area (Å²) in [6, 6.07) is 0.